The van der Waals surface area contributed by atoms with Crippen LogP contribution in [0.1, 0.15) is 20.8 Å². The van der Waals surface area contributed by atoms with Gasteiger partial charge in [-0.2, -0.15) is 0 Å². The molecule has 0 aliphatic heterocycles. The number of carbonyl (C=O) groups excluding carboxylic acids is 4. The maximum Gasteiger partial charge on any atom is 0.374 e. The second-order valence-electron chi connectivity index (χ2n) is 3.02. The van der Waals surface area contributed by atoms with E-state index in [-0.39, 0.29) is 6.61 Å². The predicted molar refractivity (Wildman–Crippen MR) is 53.8 cm³/mol. The third-order valence-corrected chi connectivity index (χ3v) is 1.54. The Morgan fingerprint density at radius 1 is 1.12 bits per heavy atom. The molecule has 0 heterocycles. The SMILES string of the molecule is CCOC(=O)C(C)OC(=O)COC(=O)C(C)=O. The largest absolute Gasteiger partial charge is 0.463 e. The first-order valence-corrected chi connectivity index (χ1v) is 4.92. The van der Waals surface area contributed by atoms with E-state index in [4.69, 9.17) is 0 Å². The van der Waals surface area contributed by atoms with Crippen molar-refractivity contribution in [1.82, 2.24) is 0 Å². The lowest BCUT2D eigenvalue weighted by atomic mass is 10.4. The monoisotopic (exact) mass is 246 g/mol. The van der Waals surface area contributed by atoms with Crippen LogP contribution in [0.5, 0.6) is 0 Å². The number of ketones is 1. The van der Waals surface area contributed by atoms with E-state index in [1.165, 1.54) is 6.92 Å². The Bertz CT molecular complexity index is 321. The van der Waals surface area contributed by atoms with Crippen molar-refractivity contribution in [2.45, 2.75) is 26.9 Å². The van der Waals surface area contributed by atoms with Crippen molar-refractivity contribution in [3.8, 4) is 0 Å². The molecule has 0 saturated heterocycles. The second-order valence-corrected chi connectivity index (χ2v) is 3.02. The third kappa shape index (κ3) is 6.29. The van der Waals surface area contributed by atoms with Gasteiger partial charge >= 0.3 is 17.9 Å². The molecule has 7 heteroatoms. The highest BCUT2D eigenvalue weighted by molar-refractivity contribution is 6.32. The minimum atomic E-state index is -1.13. The smallest absolute Gasteiger partial charge is 0.374 e. The first kappa shape index (κ1) is 15.1. The molecule has 1 atom stereocenters. The predicted octanol–water partition coefficient (Wildman–Crippen LogP) is -0.387. The van der Waals surface area contributed by atoms with E-state index >= 15 is 0 Å². The molecule has 0 radical (unpaired) electrons. The van der Waals surface area contributed by atoms with E-state index in [0.29, 0.717) is 0 Å². The zero-order chi connectivity index (χ0) is 13.4. The Hall–Kier alpha value is -1.92. The zero-order valence-corrected chi connectivity index (χ0v) is 9.85. The molecule has 0 aromatic heterocycles. The minimum Gasteiger partial charge on any atom is -0.463 e. The van der Waals surface area contributed by atoms with Crippen LogP contribution in [0.15, 0.2) is 0 Å². The molecule has 7 nitrogen and oxygen atoms in total. The molecule has 96 valence electrons. The van der Waals surface area contributed by atoms with Gasteiger partial charge in [0.25, 0.3) is 0 Å². The Morgan fingerprint density at radius 2 is 1.71 bits per heavy atom. The topological polar surface area (TPSA) is 96.0 Å². The van der Waals surface area contributed by atoms with Crippen molar-refractivity contribution in [3.63, 3.8) is 0 Å². The van der Waals surface area contributed by atoms with Crippen LogP contribution in [0.2, 0.25) is 0 Å². The maximum absolute atomic E-state index is 11.1. The van der Waals surface area contributed by atoms with Crippen LogP contribution < -0.4 is 0 Å². The Labute approximate surface area is 98.0 Å². The van der Waals surface area contributed by atoms with Gasteiger partial charge in [-0.05, 0) is 13.8 Å². The van der Waals surface area contributed by atoms with Crippen molar-refractivity contribution in [1.29, 1.82) is 0 Å². The molecule has 0 aliphatic rings. The quantitative estimate of drug-likeness (QED) is 0.358. The summed E-state index contributed by atoms with van der Waals surface area (Å²) in [5.74, 6) is -3.58. The molecule has 0 amide bonds. The fourth-order valence-corrected chi connectivity index (χ4v) is 0.765. The molecule has 0 aromatic rings. The number of carbonyl (C=O) groups is 4. The zero-order valence-electron chi connectivity index (χ0n) is 9.85. The maximum atomic E-state index is 11.1. The van der Waals surface area contributed by atoms with Gasteiger partial charge in [-0.25, -0.2) is 14.4 Å². The first-order valence-electron chi connectivity index (χ1n) is 4.92. The third-order valence-electron chi connectivity index (χ3n) is 1.54. The van der Waals surface area contributed by atoms with Gasteiger partial charge in [-0.3, -0.25) is 4.79 Å². The molecule has 17 heavy (non-hydrogen) atoms. The van der Waals surface area contributed by atoms with Gasteiger partial charge in [0.2, 0.25) is 5.78 Å². The van der Waals surface area contributed by atoms with Crippen LogP contribution in [-0.2, 0) is 33.4 Å². The van der Waals surface area contributed by atoms with Gasteiger partial charge < -0.3 is 14.2 Å². The molecule has 0 N–H and O–H groups in total. The van der Waals surface area contributed by atoms with Crippen molar-refractivity contribution in [3.05, 3.63) is 0 Å². The van der Waals surface area contributed by atoms with E-state index in [2.05, 4.69) is 14.2 Å². The second kappa shape index (κ2) is 7.37. The fraction of sp³-hybridized carbons (Fsp3) is 0.600. The van der Waals surface area contributed by atoms with Crippen LogP contribution in [0, 0.1) is 0 Å². The Morgan fingerprint density at radius 3 is 2.18 bits per heavy atom. The highest BCUT2D eigenvalue weighted by atomic mass is 16.6. The molecule has 0 bridgehead atoms. The average Bonchev–Trinajstić information content (AvgIpc) is 2.25. The molecule has 0 spiro atoms. The van der Waals surface area contributed by atoms with Crippen molar-refractivity contribution >= 4 is 23.7 Å². The van der Waals surface area contributed by atoms with Crippen LogP contribution in [0.4, 0.5) is 0 Å². The van der Waals surface area contributed by atoms with E-state index in [0.717, 1.165) is 6.92 Å². The fourth-order valence-electron chi connectivity index (χ4n) is 0.765. The summed E-state index contributed by atoms with van der Waals surface area (Å²) < 4.78 is 13.5. The van der Waals surface area contributed by atoms with E-state index in [1.807, 2.05) is 0 Å². The summed E-state index contributed by atoms with van der Waals surface area (Å²) in [5.41, 5.74) is 0. The summed E-state index contributed by atoms with van der Waals surface area (Å²) in [6, 6.07) is 0. The Kier molecular flexibility index (Phi) is 6.54. The van der Waals surface area contributed by atoms with Crippen LogP contribution in [-0.4, -0.2) is 43.0 Å². The average molecular weight is 246 g/mol. The summed E-state index contributed by atoms with van der Waals surface area (Å²) in [4.78, 5) is 43.3. The van der Waals surface area contributed by atoms with Crippen molar-refractivity contribution in [2.75, 3.05) is 13.2 Å². The lowest BCUT2D eigenvalue weighted by Gasteiger charge is -2.11. The molecule has 0 aromatic carbocycles. The number of esters is 3. The minimum absolute atomic E-state index is 0.167. The highest BCUT2D eigenvalue weighted by Gasteiger charge is 2.20. The van der Waals surface area contributed by atoms with E-state index in [9.17, 15) is 19.2 Å². The van der Waals surface area contributed by atoms with Gasteiger partial charge in [-0.1, -0.05) is 0 Å². The normalized spacial score (nSPS) is 11.2. The summed E-state index contributed by atoms with van der Waals surface area (Å²) in [7, 11) is 0. The van der Waals surface area contributed by atoms with Gasteiger partial charge in [0.05, 0.1) is 6.61 Å². The van der Waals surface area contributed by atoms with Crippen molar-refractivity contribution < 1.29 is 33.4 Å². The number of ether oxygens (including phenoxy) is 3. The summed E-state index contributed by atoms with van der Waals surface area (Å²) in [6.45, 7) is 3.39. The highest BCUT2D eigenvalue weighted by Crippen LogP contribution is 1.96. The molecule has 0 saturated carbocycles. The lowest BCUT2D eigenvalue weighted by molar-refractivity contribution is -0.171. The molecular formula is C10H14O7. The summed E-state index contributed by atoms with van der Waals surface area (Å²) in [6.07, 6.45) is -1.08. The number of rotatable bonds is 6. The van der Waals surface area contributed by atoms with E-state index in [1.54, 1.807) is 6.92 Å². The van der Waals surface area contributed by atoms with Gasteiger partial charge in [0.15, 0.2) is 12.7 Å². The van der Waals surface area contributed by atoms with Crippen LogP contribution in [0.25, 0.3) is 0 Å². The summed E-state index contributed by atoms with van der Waals surface area (Å²) in [5, 5.41) is 0. The van der Waals surface area contributed by atoms with Crippen LogP contribution >= 0.6 is 0 Å². The number of hydrogen-bond donors (Lipinski definition) is 0. The molecule has 1 unspecified atom stereocenters. The van der Waals surface area contributed by atoms with Gasteiger partial charge in [0, 0.05) is 6.92 Å². The van der Waals surface area contributed by atoms with Gasteiger partial charge in [0.1, 0.15) is 0 Å². The molecular weight excluding hydrogens is 232 g/mol. The van der Waals surface area contributed by atoms with E-state index < -0.39 is 36.4 Å². The number of Topliss-reactive ketones (excluding diaryl/α,β-unsaturated/α-hetero) is 1. The van der Waals surface area contributed by atoms with Crippen LogP contribution in [0.3, 0.4) is 0 Å². The molecule has 0 rings (SSSR count). The number of hydrogen-bond acceptors (Lipinski definition) is 7. The molecule has 0 fully saturated rings. The first-order chi connectivity index (χ1) is 7.88. The molecule has 0 aliphatic carbocycles. The van der Waals surface area contributed by atoms with Crippen molar-refractivity contribution in [2.24, 2.45) is 0 Å². The van der Waals surface area contributed by atoms with Gasteiger partial charge in [-0.15, -0.1) is 0 Å². The lowest BCUT2D eigenvalue weighted by Crippen LogP contribution is -2.29. The Balaban J connectivity index is 3.98. The summed E-state index contributed by atoms with van der Waals surface area (Å²) >= 11 is 0. The standard InChI is InChI=1S/C10H14O7/c1-4-15-10(14)7(3)17-8(12)5-16-9(13)6(2)11/h7H,4-5H2,1-3H3.